The van der Waals surface area contributed by atoms with Gasteiger partial charge in [0.25, 0.3) is 0 Å². The first-order chi connectivity index (χ1) is 8.96. The molecule has 0 aliphatic rings. The Balaban J connectivity index is 2.28. The van der Waals surface area contributed by atoms with E-state index in [2.05, 4.69) is 4.98 Å². The first-order valence-electron chi connectivity index (χ1n) is 6.19. The molecule has 1 heterocycles. The summed E-state index contributed by atoms with van der Waals surface area (Å²) in [5, 5.41) is 0. The van der Waals surface area contributed by atoms with E-state index in [1.165, 1.54) is 0 Å². The van der Waals surface area contributed by atoms with Crippen LogP contribution in [0.2, 0.25) is 0 Å². The second kappa shape index (κ2) is 5.22. The third-order valence-corrected chi connectivity index (χ3v) is 2.49. The van der Waals surface area contributed by atoms with Gasteiger partial charge in [0.15, 0.2) is 0 Å². The highest BCUT2D eigenvalue weighted by molar-refractivity contribution is 5.91. The van der Waals surface area contributed by atoms with Crippen LogP contribution >= 0.6 is 0 Å². The lowest BCUT2D eigenvalue weighted by molar-refractivity contribution is 0.00696. The van der Waals surface area contributed by atoms with Crippen LogP contribution in [-0.4, -0.2) is 16.6 Å². The van der Waals surface area contributed by atoms with Gasteiger partial charge in [0, 0.05) is 18.0 Å². The summed E-state index contributed by atoms with van der Waals surface area (Å²) < 4.78 is 5.36. The number of rotatable bonds is 2. The summed E-state index contributed by atoms with van der Waals surface area (Å²) >= 11 is 0. The van der Waals surface area contributed by atoms with Crippen LogP contribution in [0, 0.1) is 0 Å². The molecule has 19 heavy (non-hydrogen) atoms. The number of carbonyl (C=O) groups is 1. The molecule has 0 aliphatic carbocycles. The topological polar surface area (TPSA) is 39.2 Å². The lowest BCUT2D eigenvalue weighted by Crippen LogP contribution is -2.23. The quantitative estimate of drug-likeness (QED) is 0.768. The van der Waals surface area contributed by atoms with Crippen molar-refractivity contribution in [2.75, 3.05) is 0 Å². The number of pyridine rings is 1. The fourth-order valence-corrected chi connectivity index (χ4v) is 1.70. The maximum Gasteiger partial charge on any atom is 0.338 e. The lowest BCUT2D eigenvalue weighted by Gasteiger charge is -2.19. The predicted octanol–water partition coefficient (Wildman–Crippen LogP) is 3.70. The van der Waals surface area contributed by atoms with E-state index in [9.17, 15) is 4.79 Å². The standard InChI is InChI=1S/C16H17NO2/c1-16(2,3)19-15(18)13-7-4-6-12(10-13)14-8-5-9-17-11-14/h4-11H,1-3H3. The SMILES string of the molecule is CC(C)(C)OC(=O)c1cccc(-c2cccnc2)c1. The largest absolute Gasteiger partial charge is 0.456 e. The highest BCUT2D eigenvalue weighted by Crippen LogP contribution is 2.20. The van der Waals surface area contributed by atoms with E-state index in [0.29, 0.717) is 5.56 Å². The Morgan fingerprint density at radius 1 is 1.11 bits per heavy atom. The second-order valence-electron chi connectivity index (χ2n) is 5.32. The van der Waals surface area contributed by atoms with Gasteiger partial charge in [-0.3, -0.25) is 4.98 Å². The number of hydrogen-bond acceptors (Lipinski definition) is 3. The van der Waals surface area contributed by atoms with Gasteiger partial charge in [-0.15, -0.1) is 0 Å². The zero-order chi connectivity index (χ0) is 13.9. The van der Waals surface area contributed by atoms with E-state index in [1.54, 1.807) is 18.5 Å². The summed E-state index contributed by atoms with van der Waals surface area (Å²) in [5.41, 5.74) is 2.00. The van der Waals surface area contributed by atoms with Crippen LogP contribution in [0.1, 0.15) is 31.1 Å². The van der Waals surface area contributed by atoms with Gasteiger partial charge >= 0.3 is 5.97 Å². The van der Waals surface area contributed by atoms with E-state index in [1.807, 2.05) is 51.1 Å². The van der Waals surface area contributed by atoms with Gasteiger partial charge in [-0.05, 0) is 44.5 Å². The molecule has 0 bridgehead atoms. The molecule has 0 unspecified atom stereocenters. The van der Waals surface area contributed by atoms with E-state index in [0.717, 1.165) is 11.1 Å². The molecule has 0 spiro atoms. The molecule has 0 aliphatic heterocycles. The van der Waals surface area contributed by atoms with Crippen LogP contribution in [0.25, 0.3) is 11.1 Å². The maximum absolute atomic E-state index is 12.0. The first kappa shape index (κ1) is 13.3. The fourth-order valence-electron chi connectivity index (χ4n) is 1.70. The van der Waals surface area contributed by atoms with Crippen LogP contribution in [0.15, 0.2) is 48.8 Å². The molecule has 0 atom stereocenters. The van der Waals surface area contributed by atoms with Crippen molar-refractivity contribution in [2.24, 2.45) is 0 Å². The van der Waals surface area contributed by atoms with E-state index >= 15 is 0 Å². The minimum absolute atomic E-state index is 0.307. The van der Waals surface area contributed by atoms with Crippen molar-refractivity contribution in [3.63, 3.8) is 0 Å². The second-order valence-corrected chi connectivity index (χ2v) is 5.32. The highest BCUT2D eigenvalue weighted by Gasteiger charge is 2.18. The number of hydrogen-bond donors (Lipinski definition) is 0. The molecule has 0 radical (unpaired) electrons. The minimum atomic E-state index is -0.485. The normalized spacial score (nSPS) is 11.1. The van der Waals surface area contributed by atoms with E-state index in [4.69, 9.17) is 4.74 Å². The zero-order valence-corrected chi connectivity index (χ0v) is 11.4. The smallest absolute Gasteiger partial charge is 0.338 e. The van der Waals surface area contributed by atoms with Crippen molar-refractivity contribution in [2.45, 2.75) is 26.4 Å². The predicted molar refractivity (Wildman–Crippen MR) is 74.8 cm³/mol. The number of esters is 1. The van der Waals surface area contributed by atoms with Crippen LogP contribution < -0.4 is 0 Å². The molecule has 2 rings (SSSR count). The van der Waals surface area contributed by atoms with Crippen molar-refractivity contribution in [3.8, 4) is 11.1 Å². The molecular weight excluding hydrogens is 238 g/mol. The van der Waals surface area contributed by atoms with Gasteiger partial charge in [-0.1, -0.05) is 18.2 Å². The summed E-state index contributed by atoms with van der Waals surface area (Å²) in [5.74, 6) is -0.307. The summed E-state index contributed by atoms with van der Waals surface area (Å²) in [6.07, 6.45) is 3.50. The van der Waals surface area contributed by atoms with E-state index in [-0.39, 0.29) is 5.97 Å². The van der Waals surface area contributed by atoms with Crippen molar-refractivity contribution in [3.05, 3.63) is 54.4 Å². The molecule has 0 amide bonds. The van der Waals surface area contributed by atoms with Gasteiger partial charge < -0.3 is 4.74 Å². The molecule has 3 nitrogen and oxygen atoms in total. The molecule has 0 saturated carbocycles. The third kappa shape index (κ3) is 3.65. The first-order valence-corrected chi connectivity index (χ1v) is 6.19. The summed E-state index contributed by atoms with van der Waals surface area (Å²) in [7, 11) is 0. The summed E-state index contributed by atoms with van der Waals surface area (Å²) in [4.78, 5) is 16.1. The Kier molecular flexibility index (Phi) is 3.65. The maximum atomic E-state index is 12.0. The Labute approximate surface area is 113 Å². The summed E-state index contributed by atoms with van der Waals surface area (Å²) in [6.45, 7) is 5.57. The molecule has 2 aromatic rings. The van der Waals surface area contributed by atoms with Crippen molar-refractivity contribution in [1.29, 1.82) is 0 Å². The number of benzene rings is 1. The Morgan fingerprint density at radius 2 is 1.84 bits per heavy atom. The molecule has 1 aromatic heterocycles. The van der Waals surface area contributed by atoms with Gasteiger partial charge in [0.05, 0.1) is 5.56 Å². The van der Waals surface area contributed by atoms with Crippen molar-refractivity contribution >= 4 is 5.97 Å². The third-order valence-electron chi connectivity index (χ3n) is 2.49. The van der Waals surface area contributed by atoms with E-state index < -0.39 is 5.60 Å². The molecule has 0 fully saturated rings. The molecule has 1 aromatic carbocycles. The summed E-state index contributed by atoms with van der Waals surface area (Å²) in [6, 6.07) is 11.2. The monoisotopic (exact) mass is 255 g/mol. The van der Waals surface area contributed by atoms with Crippen LogP contribution in [0.3, 0.4) is 0 Å². The lowest BCUT2D eigenvalue weighted by atomic mass is 10.0. The number of ether oxygens (including phenoxy) is 1. The average Bonchev–Trinajstić information content (AvgIpc) is 2.38. The molecule has 0 N–H and O–H groups in total. The Bertz CT molecular complexity index is 571. The number of carbonyl (C=O) groups excluding carboxylic acids is 1. The van der Waals surface area contributed by atoms with Crippen LogP contribution in [0.5, 0.6) is 0 Å². The molecule has 0 saturated heterocycles. The zero-order valence-electron chi connectivity index (χ0n) is 11.4. The Morgan fingerprint density at radius 3 is 2.47 bits per heavy atom. The van der Waals surface area contributed by atoms with Crippen LogP contribution in [-0.2, 0) is 4.74 Å². The minimum Gasteiger partial charge on any atom is -0.456 e. The Hall–Kier alpha value is -2.16. The van der Waals surface area contributed by atoms with Gasteiger partial charge in [0.1, 0.15) is 5.60 Å². The average molecular weight is 255 g/mol. The highest BCUT2D eigenvalue weighted by atomic mass is 16.6. The fraction of sp³-hybridized carbons (Fsp3) is 0.250. The number of aromatic nitrogens is 1. The molecular formula is C16H17NO2. The van der Waals surface area contributed by atoms with Crippen molar-refractivity contribution < 1.29 is 9.53 Å². The van der Waals surface area contributed by atoms with Crippen LogP contribution in [0.4, 0.5) is 0 Å². The van der Waals surface area contributed by atoms with Gasteiger partial charge in [0.2, 0.25) is 0 Å². The molecule has 3 heteroatoms. The van der Waals surface area contributed by atoms with Gasteiger partial charge in [-0.25, -0.2) is 4.79 Å². The van der Waals surface area contributed by atoms with Crippen molar-refractivity contribution in [1.82, 2.24) is 4.98 Å². The van der Waals surface area contributed by atoms with Gasteiger partial charge in [-0.2, -0.15) is 0 Å². The number of nitrogens with zero attached hydrogens (tertiary/aromatic N) is 1. The molecule has 98 valence electrons.